The lowest BCUT2D eigenvalue weighted by atomic mass is 9.82. The molecule has 5 nitrogen and oxygen atoms in total. The Bertz CT molecular complexity index is 776. The molecule has 6 heteroatoms. The second-order valence-electron chi connectivity index (χ2n) is 7.97. The van der Waals surface area contributed by atoms with Crippen LogP contribution in [-0.4, -0.2) is 39.2 Å². The maximum atomic E-state index is 13.0. The van der Waals surface area contributed by atoms with Crippen molar-refractivity contribution >= 4 is 28.9 Å². The van der Waals surface area contributed by atoms with Gasteiger partial charge < -0.3 is 14.4 Å². The van der Waals surface area contributed by atoms with Crippen molar-refractivity contribution < 1.29 is 19.1 Å². The molecule has 0 N–H and O–H groups in total. The van der Waals surface area contributed by atoms with E-state index < -0.39 is 5.97 Å². The van der Waals surface area contributed by atoms with Crippen molar-refractivity contribution in [3.05, 3.63) is 15.8 Å². The number of hydrogen-bond donors (Lipinski definition) is 0. The third-order valence-electron chi connectivity index (χ3n) is 5.47. The predicted octanol–water partition coefficient (Wildman–Crippen LogP) is 3.71. The molecule has 2 aliphatic rings. The van der Waals surface area contributed by atoms with Crippen molar-refractivity contribution in [2.75, 3.05) is 32.3 Å². The zero-order valence-corrected chi connectivity index (χ0v) is 17.3. The molecule has 0 bridgehead atoms. The van der Waals surface area contributed by atoms with Crippen LogP contribution in [0.2, 0.25) is 0 Å². The van der Waals surface area contributed by atoms with Gasteiger partial charge in [-0.2, -0.15) is 0 Å². The summed E-state index contributed by atoms with van der Waals surface area (Å²) in [5, 5.41) is 0. The van der Waals surface area contributed by atoms with Crippen LogP contribution in [0.1, 0.15) is 54.1 Å². The topological polar surface area (TPSA) is 55.8 Å². The quantitative estimate of drug-likeness (QED) is 0.584. The van der Waals surface area contributed by atoms with Gasteiger partial charge in [-0.15, -0.1) is 11.3 Å². The van der Waals surface area contributed by atoms with E-state index in [2.05, 4.69) is 25.7 Å². The number of ether oxygens (including phenoxy) is 2. The lowest BCUT2D eigenvalue weighted by Gasteiger charge is -2.32. The normalized spacial score (nSPS) is 23.6. The number of hydrogen-bond acceptors (Lipinski definition) is 5. The Hall–Kier alpha value is -1.84. The molecule has 0 aromatic carbocycles. The molecular weight excluding hydrogens is 362 g/mol. The molecule has 1 saturated carbocycles. The molecule has 1 saturated heterocycles. The highest BCUT2D eigenvalue weighted by atomic mass is 32.1. The van der Waals surface area contributed by atoms with Crippen LogP contribution in [0.25, 0.3) is 0 Å². The van der Waals surface area contributed by atoms with E-state index in [9.17, 15) is 9.59 Å². The highest BCUT2D eigenvalue weighted by molar-refractivity contribution is 7.15. The van der Waals surface area contributed by atoms with Crippen LogP contribution < -0.4 is 4.90 Å². The number of nitrogens with zero attached hydrogens (tertiary/aromatic N) is 1. The number of amides is 1. The zero-order chi connectivity index (χ0) is 19.6. The summed E-state index contributed by atoms with van der Waals surface area (Å²) in [6.45, 7) is 5.54. The molecule has 0 atom stereocenters. The maximum Gasteiger partial charge on any atom is 0.350 e. The number of anilines is 1. The first-order valence-corrected chi connectivity index (χ1v) is 10.3. The van der Waals surface area contributed by atoms with Crippen LogP contribution in [0.3, 0.4) is 0 Å². The van der Waals surface area contributed by atoms with Crippen LogP contribution in [0, 0.1) is 29.1 Å². The standard InChI is InChI=1S/C21H27NO4S/c1-14-5-7-15(8-6-14)19(23)22(3)17-11-16(27-18(17)20(24)25-4)9-10-21(2)12-26-13-21/h11,14-15H,5-8,12-13H2,1-4H3. The first kappa shape index (κ1) is 19.9. The summed E-state index contributed by atoms with van der Waals surface area (Å²) in [7, 11) is 3.10. The molecule has 0 spiro atoms. The van der Waals surface area contributed by atoms with Gasteiger partial charge in [-0.05, 0) is 44.6 Å². The number of carbonyl (C=O) groups excluding carboxylic acids is 2. The molecule has 1 aliphatic carbocycles. The van der Waals surface area contributed by atoms with Gasteiger partial charge in [-0.25, -0.2) is 4.79 Å². The van der Waals surface area contributed by atoms with E-state index >= 15 is 0 Å². The second kappa shape index (κ2) is 8.04. The largest absolute Gasteiger partial charge is 0.465 e. The molecule has 3 rings (SSSR count). The number of thiophene rings is 1. The van der Waals surface area contributed by atoms with Crippen molar-refractivity contribution in [3.8, 4) is 11.8 Å². The Morgan fingerprint density at radius 1 is 1.30 bits per heavy atom. The van der Waals surface area contributed by atoms with E-state index in [1.165, 1.54) is 18.4 Å². The van der Waals surface area contributed by atoms with Gasteiger partial charge in [0.2, 0.25) is 5.91 Å². The van der Waals surface area contributed by atoms with Crippen molar-refractivity contribution in [1.29, 1.82) is 0 Å². The molecule has 1 amide bonds. The molecule has 0 radical (unpaired) electrons. The molecule has 146 valence electrons. The Morgan fingerprint density at radius 2 is 1.96 bits per heavy atom. The first-order valence-electron chi connectivity index (χ1n) is 9.43. The summed E-state index contributed by atoms with van der Waals surface area (Å²) >= 11 is 1.28. The van der Waals surface area contributed by atoms with Crippen LogP contribution in [0.15, 0.2) is 6.07 Å². The van der Waals surface area contributed by atoms with E-state index in [-0.39, 0.29) is 17.2 Å². The van der Waals surface area contributed by atoms with E-state index in [0.29, 0.717) is 29.7 Å². The Kier molecular flexibility index (Phi) is 5.92. The fraction of sp³-hybridized carbons (Fsp3) is 0.619. The smallest absolute Gasteiger partial charge is 0.350 e. The first-order chi connectivity index (χ1) is 12.8. The van der Waals surface area contributed by atoms with Gasteiger partial charge in [0.1, 0.15) is 4.88 Å². The van der Waals surface area contributed by atoms with Gasteiger partial charge in [-0.3, -0.25) is 4.79 Å². The fourth-order valence-corrected chi connectivity index (χ4v) is 4.48. The van der Waals surface area contributed by atoms with Crippen LogP contribution in [-0.2, 0) is 14.3 Å². The summed E-state index contributed by atoms with van der Waals surface area (Å²) in [6, 6.07) is 1.83. The van der Waals surface area contributed by atoms with Gasteiger partial charge in [0, 0.05) is 13.0 Å². The summed E-state index contributed by atoms with van der Waals surface area (Å²) < 4.78 is 10.2. The summed E-state index contributed by atoms with van der Waals surface area (Å²) in [5.74, 6) is 6.73. The lowest BCUT2D eigenvalue weighted by Crippen LogP contribution is -2.38. The van der Waals surface area contributed by atoms with Gasteiger partial charge in [0.25, 0.3) is 0 Å². The molecule has 1 aromatic heterocycles. The molecular formula is C21H27NO4S. The summed E-state index contributed by atoms with van der Waals surface area (Å²) in [6.07, 6.45) is 3.98. The molecule has 27 heavy (non-hydrogen) atoms. The number of carbonyl (C=O) groups is 2. The van der Waals surface area contributed by atoms with Crippen LogP contribution in [0.5, 0.6) is 0 Å². The molecule has 2 heterocycles. The fourth-order valence-electron chi connectivity index (χ4n) is 3.52. The van der Waals surface area contributed by atoms with E-state index in [0.717, 1.165) is 30.6 Å². The highest BCUT2D eigenvalue weighted by Gasteiger charge is 2.32. The minimum absolute atomic E-state index is 0.0252. The monoisotopic (exact) mass is 389 g/mol. The summed E-state index contributed by atoms with van der Waals surface area (Å²) in [5.41, 5.74) is 0.464. The number of esters is 1. The van der Waals surface area contributed by atoms with E-state index in [1.807, 2.05) is 6.07 Å². The van der Waals surface area contributed by atoms with Crippen molar-refractivity contribution in [2.24, 2.45) is 17.3 Å². The van der Waals surface area contributed by atoms with Gasteiger partial charge in [0.15, 0.2) is 0 Å². The average Bonchev–Trinajstić information content (AvgIpc) is 3.08. The van der Waals surface area contributed by atoms with E-state index in [1.54, 1.807) is 11.9 Å². The van der Waals surface area contributed by atoms with E-state index in [4.69, 9.17) is 9.47 Å². The molecule has 2 fully saturated rings. The Labute approximate surface area is 165 Å². The minimum atomic E-state index is -0.432. The van der Waals surface area contributed by atoms with Gasteiger partial charge >= 0.3 is 5.97 Å². The SMILES string of the molecule is COC(=O)c1sc(C#CC2(C)COC2)cc1N(C)C(=O)C1CCC(C)CC1. The number of methoxy groups -OCH3 is 1. The predicted molar refractivity (Wildman–Crippen MR) is 106 cm³/mol. The van der Waals surface area contributed by atoms with Crippen molar-refractivity contribution in [1.82, 2.24) is 0 Å². The average molecular weight is 390 g/mol. The summed E-state index contributed by atoms with van der Waals surface area (Å²) in [4.78, 5) is 28.0. The van der Waals surface area contributed by atoms with Crippen LogP contribution in [0.4, 0.5) is 5.69 Å². The third kappa shape index (κ3) is 4.36. The third-order valence-corrected chi connectivity index (χ3v) is 6.49. The van der Waals surface area contributed by atoms with Gasteiger partial charge in [-0.1, -0.05) is 18.8 Å². The van der Waals surface area contributed by atoms with Gasteiger partial charge in [0.05, 0.1) is 36.3 Å². The number of rotatable bonds is 3. The maximum absolute atomic E-state index is 13.0. The second-order valence-corrected chi connectivity index (χ2v) is 9.03. The highest BCUT2D eigenvalue weighted by Crippen LogP contribution is 2.35. The molecule has 1 aromatic rings. The molecule has 1 aliphatic heterocycles. The van der Waals surface area contributed by atoms with Crippen molar-refractivity contribution in [3.63, 3.8) is 0 Å². The van der Waals surface area contributed by atoms with Crippen molar-refractivity contribution in [2.45, 2.75) is 39.5 Å². The zero-order valence-electron chi connectivity index (χ0n) is 16.5. The lowest BCUT2D eigenvalue weighted by molar-refractivity contribution is -0.123. The Balaban J connectivity index is 1.83. The Morgan fingerprint density at radius 3 is 2.52 bits per heavy atom. The minimum Gasteiger partial charge on any atom is -0.465 e. The van der Waals surface area contributed by atoms with Crippen LogP contribution >= 0.6 is 11.3 Å². The molecule has 0 unspecified atom stereocenters.